The van der Waals surface area contributed by atoms with E-state index >= 15 is 0 Å². The van der Waals surface area contributed by atoms with Crippen molar-refractivity contribution in [3.63, 3.8) is 0 Å². The molecule has 0 unspecified atom stereocenters. The number of hydrogen-bond acceptors (Lipinski definition) is 4. The Morgan fingerprint density at radius 3 is 2.72 bits per heavy atom. The molecule has 2 aromatic carbocycles. The summed E-state index contributed by atoms with van der Waals surface area (Å²) < 4.78 is 5.23. The lowest BCUT2D eigenvalue weighted by Gasteiger charge is -2.30. The van der Waals surface area contributed by atoms with Gasteiger partial charge < -0.3 is 9.64 Å². The van der Waals surface area contributed by atoms with Crippen LogP contribution in [-0.4, -0.2) is 25.0 Å². The Bertz CT molecular complexity index is 769. The molecule has 1 aliphatic rings. The van der Waals surface area contributed by atoms with Gasteiger partial charge in [0.2, 0.25) is 5.84 Å². The fourth-order valence-electron chi connectivity index (χ4n) is 2.91. The number of rotatable bonds is 3. The number of nitrogens with one attached hydrogen (secondary N) is 1. The van der Waals surface area contributed by atoms with Gasteiger partial charge >= 0.3 is 5.97 Å². The van der Waals surface area contributed by atoms with Crippen LogP contribution in [0.4, 0.5) is 11.4 Å². The normalized spacial score (nSPS) is 14.0. The van der Waals surface area contributed by atoms with Crippen LogP contribution in [0.3, 0.4) is 0 Å². The van der Waals surface area contributed by atoms with Crippen LogP contribution >= 0.6 is 0 Å². The standard InChI is InChI=1S/C20H23N3O2/c1-3-25-20(24)19(22-21-17-12-10-15(2)11-13-17)23-14-6-8-16-7-4-5-9-18(16)23/h4-5,7,9-13,21H,3,6,8,14H2,1-2H3. The van der Waals surface area contributed by atoms with Crippen molar-refractivity contribution in [3.05, 3.63) is 59.7 Å². The number of fused-ring (bicyclic) bond motifs is 1. The summed E-state index contributed by atoms with van der Waals surface area (Å²) >= 11 is 0. The van der Waals surface area contributed by atoms with E-state index in [0.717, 1.165) is 30.8 Å². The van der Waals surface area contributed by atoms with Crippen molar-refractivity contribution in [1.82, 2.24) is 0 Å². The third kappa shape index (κ3) is 3.99. The van der Waals surface area contributed by atoms with Crippen LogP contribution in [0.25, 0.3) is 0 Å². The molecule has 0 radical (unpaired) electrons. The molecule has 0 spiro atoms. The van der Waals surface area contributed by atoms with E-state index in [1.165, 1.54) is 11.1 Å². The summed E-state index contributed by atoms with van der Waals surface area (Å²) in [6.45, 7) is 4.89. The van der Waals surface area contributed by atoms with Crippen molar-refractivity contribution < 1.29 is 9.53 Å². The summed E-state index contributed by atoms with van der Waals surface area (Å²) in [7, 11) is 0. The summed E-state index contributed by atoms with van der Waals surface area (Å²) in [6, 6.07) is 16.0. The number of para-hydroxylation sites is 1. The van der Waals surface area contributed by atoms with E-state index in [0.29, 0.717) is 6.61 Å². The molecule has 1 N–H and O–H groups in total. The predicted molar refractivity (Wildman–Crippen MR) is 101 cm³/mol. The maximum absolute atomic E-state index is 12.5. The number of ether oxygens (including phenoxy) is 1. The van der Waals surface area contributed by atoms with E-state index in [1.54, 1.807) is 6.92 Å². The summed E-state index contributed by atoms with van der Waals surface area (Å²) in [4.78, 5) is 14.4. The second kappa shape index (κ2) is 7.83. The third-order valence-electron chi connectivity index (χ3n) is 4.17. The van der Waals surface area contributed by atoms with Gasteiger partial charge in [-0.3, -0.25) is 5.43 Å². The van der Waals surface area contributed by atoms with Gasteiger partial charge in [0.25, 0.3) is 0 Å². The number of amidine groups is 1. The number of hydrazone groups is 1. The highest BCUT2D eigenvalue weighted by molar-refractivity contribution is 6.41. The molecule has 1 heterocycles. The van der Waals surface area contributed by atoms with Crippen LogP contribution in [0.2, 0.25) is 0 Å². The molecule has 0 aliphatic carbocycles. The molecular formula is C20H23N3O2. The molecule has 3 rings (SSSR count). The maximum Gasteiger partial charge on any atom is 0.376 e. The highest BCUT2D eigenvalue weighted by Crippen LogP contribution is 2.27. The predicted octanol–water partition coefficient (Wildman–Crippen LogP) is 3.74. The van der Waals surface area contributed by atoms with Crippen molar-refractivity contribution >= 4 is 23.2 Å². The fourth-order valence-corrected chi connectivity index (χ4v) is 2.91. The Kier molecular flexibility index (Phi) is 5.33. The van der Waals surface area contributed by atoms with Gasteiger partial charge in [0, 0.05) is 12.2 Å². The van der Waals surface area contributed by atoms with Gasteiger partial charge in [0.1, 0.15) is 0 Å². The van der Waals surface area contributed by atoms with E-state index in [2.05, 4.69) is 16.6 Å². The molecule has 0 atom stereocenters. The number of hydrogen-bond donors (Lipinski definition) is 1. The Hall–Kier alpha value is -2.82. The SMILES string of the molecule is CCOC(=O)C(=NNc1ccc(C)cc1)N1CCCc2ccccc21. The lowest BCUT2D eigenvalue weighted by molar-refractivity contribution is -0.135. The molecule has 0 saturated heterocycles. The van der Waals surface area contributed by atoms with Crippen LogP contribution < -0.4 is 10.3 Å². The molecule has 0 fully saturated rings. The van der Waals surface area contributed by atoms with E-state index in [-0.39, 0.29) is 5.84 Å². The zero-order valence-electron chi connectivity index (χ0n) is 14.7. The monoisotopic (exact) mass is 337 g/mol. The van der Waals surface area contributed by atoms with Crippen LogP contribution in [-0.2, 0) is 16.0 Å². The number of esters is 1. The Labute approximate surface area is 148 Å². The molecule has 1 aliphatic heterocycles. The van der Waals surface area contributed by atoms with E-state index < -0.39 is 5.97 Å². The van der Waals surface area contributed by atoms with Gasteiger partial charge in [-0.25, -0.2) is 4.79 Å². The van der Waals surface area contributed by atoms with Gasteiger partial charge in [-0.15, -0.1) is 5.10 Å². The number of anilines is 2. The van der Waals surface area contributed by atoms with E-state index in [1.807, 2.05) is 54.3 Å². The van der Waals surface area contributed by atoms with Crippen molar-refractivity contribution in [1.29, 1.82) is 0 Å². The van der Waals surface area contributed by atoms with Crippen molar-refractivity contribution in [3.8, 4) is 0 Å². The van der Waals surface area contributed by atoms with Crippen LogP contribution in [0, 0.1) is 6.92 Å². The lowest BCUT2D eigenvalue weighted by Crippen LogP contribution is -2.41. The number of aryl methyl sites for hydroxylation is 2. The van der Waals surface area contributed by atoms with Crippen LogP contribution in [0.15, 0.2) is 53.6 Å². The topological polar surface area (TPSA) is 53.9 Å². The van der Waals surface area contributed by atoms with E-state index in [4.69, 9.17) is 4.74 Å². The van der Waals surface area contributed by atoms with Crippen molar-refractivity contribution in [2.75, 3.05) is 23.5 Å². The minimum Gasteiger partial charge on any atom is -0.460 e. The number of benzene rings is 2. The average molecular weight is 337 g/mol. The zero-order chi connectivity index (χ0) is 17.6. The first-order chi connectivity index (χ1) is 12.2. The maximum atomic E-state index is 12.5. The summed E-state index contributed by atoms with van der Waals surface area (Å²) in [5.74, 6) is -0.131. The Balaban J connectivity index is 1.91. The zero-order valence-corrected chi connectivity index (χ0v) is 14.7. The third-order valence-corrected chi connectivity index (χ3v) is 4.17. The van der Waals surface area contributed by atoms with Crippen molar-refractivity contribution in [2.45, 2.75) is 26.7 Å². The Morgan fingerprint density at radius 2 is 1.96 bits per heavy atom. The lowest BCUT2D eigenvalue weighted by atomic mass is 10.0. The molecule has 130 valence electrons. The first-order valence-corrected chi connectivity index (χ1v) is 8.62. The quantitative estimate of drug-likeness (QED) is 0.401. The molecule has 5 heteroatoms. The van der Waals surface area contributed by atoms with Gasteiger partial charge in [-0.2, -0.15) is 0 Å². The minimum atomic E-state index is -0.418. The number of carbonyl (C=O) groups excluding carboxylic acids is 1. The van der Waals surface area contributed by atoms with Crippen molar-refractivity contribution in [2.24, 2.45) is 5.10 Å². The van der Waals surface area contributed by atoms with E-state index in [9.17, 15) is 4.79 Å². The Morgan fingerprint density at radius 1 is 1.20 bits per heavy atom. The van der Waals surface area contributed by atoms with Gasteiger partial charge in [0.05, 0.1) is 12.3 Å². The van der Waals surface area contributed by atoms with Crippen LogP contribution in [0.1, 0.15) is 24.5 Å². The first kappa shape index (κ1) is 17.0. The van der Waals surface area contributed by atoms with Gasteiger partial charge in [0.15, 0.2) is 0 Å². The highest BCUT2D eigenvalue weighted by atomic mass is 16.5. The molecule has 5 nitrogen and oxygen atoms in total. The molecular weight excluding hydrogens is 314 g/mol. The molecule has 25 heavy (non-hydrogen) atoms. The minimum absolute atomic E-state index is 0.287. The molecule has 0 bridgehead atoms. The summed E-state index contributed by atoms with van der Waals surface area (Å²) in [5.41, 5.74) is 7.23. The largest absolute Gasteiger partial charge is 0.460 e. The fraction of sp³-hybridized carbons (Fsp3) is 0.300. The van der Waals surface area contributed by atoms with Crippen LogP contribution in [0.5, 0.6) is 0 Å². The second-order valence-corrected chi connectivity index (χ2v) is 6.02. The smallest absolute Gasteiger partial charge is 0.376 e. The molecule has 2 aromatic rings. The average Bonchev–Trinajstić information content (AvgIpc) is 2.64. The summed E-state index contributed by atoms with van der Waals surface area (Å²) in [6.07, 6.45) is 1.98. The number of nitrogens with zero attached hydrogens (tertiary/aromatic N) is 2. The first-order valence-electron chi connectivity index (χ1n) is 8.62. The molecule has 0 amide bonds. The highest BCUT2D eigenvalue weighted by Gasteiger charge is 2.26. The van der Waals surface area contributed by atoms with Gasteiger partial charge in [-0.1, -0.05) is 35.9 Å². The number of carbonyl (C=O) groups is 1. The summed E-state index contributed by atoms with van der Waals surface area (Å²) in [5, 5.41) is 4.38. The van der Waals surface area contributed by atoms with Gasteiger partial charge in [-0.05, 0) is 50.5 Å². The second-order valence-electron chi connectivity index (χ2n) is 6.02. The molecule has 0 saturated carbocycles. The molecule has 0 aromatic heterocycles.